The van der Waals surface area contributed by atoms with Gasteiger partial charge < -0.3 is 15.7 Å². The molecule has 2 aromatic rings. The number of carbonyl (C=O) groups is 1. The molecule has 0 spiro atoms. The minimum atomic E-state index is -1.02. The van der Waals surface area contributed by atoms with E-state index >= 15 is 0 Å². The molecule has 0 aromatic carbocycles. The monoisotopic (exact) mass is 258 g/mol. The van der Waals surface area contributed by atoms with Crippen molar-refractivity contribution in [1.82, 2.24) is 9.97 Å². The molecule has 0 radical (unpaired) electrons. The molecular formula is C13H14N4O2. The Morgan fingerprint density at radius 2 is 2.11 bits per heavy atom. The van der Waals surface area contributed by atoms with Crippen LogP contribution >= 0.6 is 0 Å². The fourth-order valence-corrected chi connectivity index (χ4v) is 1.79. The van der Waals surface area contributed by atoms with Crippen LogP contribution in [0.2, 0.25) is 0 Å². The highest BCUT2D eigenvalue weighted by Crippen LogP contribution is 2.21. The minimum Gasteiger partial charge on any atom is -0.478 e. The maximum atomic E-state index is 11.2. The highest BCUT2D eigenvalue weighted by Gasteiger charge is 2.14. The van der Waals surface area contributed by atoms with Crippen LogP contribution in [0.5, 0.6) is 0 Å². The lowest BCUT2D eigenvalue weighted by atomic mass is 10.2. The van der Waals surface area contributed by atoms with Crippen LogP contribution in [0.1, 0.15) is 15.9 Å². The van der Waals surface area contributed by atoms with E-state index in [0.29, 0.717) is 12.2 Å². The highest BCUT2D eigenvalue weighted by molar-refractivity contribution is 5.95. The standard InChI is InChI=1S/C13H14N4O2/c1-17(8-9-2-4-15-5-3-9)11-7-16-12(14)6-10(11)13(18)19/h2-7H,8H2,1H3,(H2,14,16)(H,18,19). The number of nitrogens with zero attached hydrogens (tertiary/aromatic N) is 3. The van der Waals surface area contributed by atoms with Crippen molar-refractivity contribution in [3.63, 3.8) is 0 Å². The number of anilines is 2. The van der Waals surface area contributed by atoms with Gasteiger partial charge in [0.25, 0.3) is 0 Å². The summed E-state index contributed by atoms with van der Waals surface area (Å²) in [6.45, 7) is 0.564. The predicted octanol–water partition coefficient (Wildman–Crippen LogP) is 1.39. The smallest absolute Gasteiger partial charge is 0.338 e. The molecule has 2 rings (SSSR count). The summed E-state index contributed by atoms with van der Waals surface area (Å²) in [5.74, 6) is -0.830. The van der Waals surface area contributed by atoms with E-state index in [2.05, 4.69) is 9.97 Å². The van der Waals surface area contributed by atoms with E-state index in [4.69, 9.17) is 5.73 Å². The molecule has 0 saturated heterocycles. The Bertz CT molecular complexity index is 586. The van der Waals surface area contributed by atoms with Crippen LogP contribution in [0.3, 0.4) is 0 Å². The molecule has 0 aliphatic carbocycles. The molecule has 0 aliphatic heterocycles. The average Bonchev–Trinajstić information content (AvgIpc) is 2.39. The number of pyridine rings is 2. The van der Waals surface area contributed by atoms with Gasteiger partial charge in [0.05, 0.1) is 17.4 Å². The fraction of sp³-hybridized carbons (Fsp3) is 0.154. The summed E-state index contributed by atoms with van der Waals surface area (Å²) in [5.41, 5.74) is 7.22. The van der Waals surface area contributed by atoms with Crippen LogP contribution in [-0.4, -0.2) is 28.1 Å². The van der Waals surface area contributed by atoms with Crippen molar-refractivity contribution in [2.24, 2.45) is 0 Å². The molecule has 6 nitrogen and oxygen atoms in total. The molecule has 0 fully saturated rings. The molecule has 2 heterocycles. The molecular weight excluding hydrogens is 244 g/mol. The van der Waals surface area contributed by atoms with Gasteiger partial charge in [0, 0.05) is 26.0 Å². The van der Waals surface area contributed by atoms with Crippen LogP contribution in [0.25, 0.3) is 0 Å². The topological polar surface area (TPSA) is 92.3 Å². The van der Waals surface area contributed by atoms with Crippen LogP contribution < -0.4 is 10.6 Å². The second-order valence-corrected chi connectivity index (χ2v) is 4.14. The van der Waals surface area contributed by atoms with Crippen molar-refractivity contribution < 1.29 is 9.90 Å². The third kappa shape index (κ3) is 2.98. The fourth-order valence-electron chi connectivity index (χ4n) is 1.79. The third-order valence-corrected chi connectivity index (χ3v) is 2.71. The average molecular weight is 258 g/mol. The second-order valence-electron chi connectivity index (χ2n) is 4.14. The number of carboxylic acid groups (broad SMARTS) is 1. The molecule has 98 valence electrons. The number of hydrogen-bond donors (Lipinski definition) is 2. The highest BCUT2D eigenvalue weighted by atomic mass is 16.4. The zero-order valence-corrected chi connectivity index (χ0v) is 10.4. The van der Waals surface area contributed by atoms with E-state index in [1.807, 2.05) is 17.0 Å². The summed E-state index contributed by atoms with van der Waals surface area (Å²) >= 11 is 0. The molecule has 0 atom stereocenters. The van der Waals surface area contributed by atoms with E-state index in [0.717, 1.165) is 5.56 Å². The van der Waals surface area contributed by atoms with Gasteiger partial charge in [-0.1, -0.05) is 0 Å². The predicted molar refractivity (Wildman–Crippen MR) is 72.0 cm³/mol. The number of aromatic nitrogens is 2. The van der Waals surface area contributed by atoms with Gasteiger partial charge in [-0.3, -0.25) is 4.98 Å². The Morgan fingerprint density at radius 1 is 1.42 bits per heavy atom. The first-order chi connectivity index (χ1) is 9.08. The van der Waals surface area contributed by atoms with Crippen LogP contribution in [0, 0.1) is 0 Å². The number of hydrogen-bond acceptors (Lipinski definition) is 5. The lowest BCUT2D eigenvalue weighted by molar-refractivity contribution is 0.0697. The summed E-state index contributed by atoms with van der Waals surface area (Å²) in [7, 11) is 1.81. The Balaban J connectivity index is 2.28. The third-order valence-electron chi connectivity index (χ3n) is 2.71. The Kier molecular flexibility index (Phi) is 3.61. The van der Waals surface area contributed by atoms with Gasteiger partial charge in [-0.05, 0) is 23.8 Å². The van der Waals surface area contributed by atoms with Gasteiger partial charge >= 0.3 is 5.97 Å². The minimum absolute atomic E-state index is 0.143. The summed E-state index contributed by atoms with van der Waals surface area (Å²) in [6, 6.07) is 5.12. The van der Waals surface area contributed by atoms with Gasteiger partial charge in [0.2, 0.25) is 0 Å². The molecule has 6 heteroatoms. The summed E-state index contributed by atoms with van der Waals surface area (Å²) in [5, 5.41) is 9.19. The van der Waals surface area contributed by atoms with Crippen molar-refractivity contribution in [1.29, 1.82) is 0 Å². The van der Waals surface area contributed by atoms with E-state index in [1.165, 1.54) is 12.3 Å². The molecule has 0 bridgehead atoms. The molecule has 2 aromatic heterocycles. The van der Waals surface area contributed by atoms with Gasteiger partial charge in [0.15, 0.2) is 0 Å². The first-order valence-electron chi connectivity index (χ1n) is 5.67. The Labute approximate surface area is 110 Å². The second kappa shape index (κ2) is 5.34. The van der Waals surface area contributed by atoms with Gasteiger partial charge in [-0.15, -0.1) is 0 Å². The number of carboxylic acids is 1. The normalized spacial score (nSPS) is 10.2. The maximum Gasteiger partial charge on any atom is 0.338 e. The van der Waals surface area contributed by atoms with E-state index < -0.39 is 5.97 Å². The summed E-state index contributed by atoms with van der Waals surface area (Å²) in [6.07, 6.45) is 4.87. The number of aromatic carboxylic acids is 1. The first-order valence-corrected chi connectivity index (χ1v) is 5.67. The molecule has 0 unspecified atom stereocenters. The molecule has 0 saturated carbocycles. The zero-order valence-electron chi connectivity index (χ0n) is 10.4. The maximum absolute atomic E-state index is 11.2. The SMILES string of the molecule is CN(Cc1ccncc1)c1cnc(N)cc1C(=O)O. The number of nitrogen functional groups attached to an aromatic ring is 1. The molecule has 3 N–H and O–H groups in total. The summed E-state index contributed by atoms with van der Waals surface area (Å²) < 4.78 is 0. The summed E-state index contributed by atoms with van der Waals surface area (Å²) in [4.78, 5) is 20.9. The van der Waals surface area contributed by atoms with E-state index in [1.54, 1.807) is 19.4 Å². The lowest BCUT2D eigenvalue weighted by Crippen LogP contribution is -2.20. The first kappa shape index (κ1) is 12.8. The molecule has 0 aliphatic rings. The number of rotatable bonds is 4. The Hall–Kier alpha value is -2.63. The Morgan fingerprint density at radius 3 is 2.74 bits per heavy atom. The van der Waals surface area contributed by atoms with E-state index in [-0.39, 0.29) is 11.4 Å². The lowest BCUT2D eigenvalue weighted by Gasteiger charge is -2.21. The van der Waals surface area contributed by atoms with Gasteiger partial charge in [-0.25, -0.2) is 9.78 Å². The van der Waals surface area contributed by atoms with E-state index in [9.17, 15) is 9.90 Å². The van der Waals surface area contributed by atoms with Crippen molar-refractivity contribution in [2.45, 2.75) is 6.54 Å². The zero-order chi connectivity index (χ0) is 13.8. The van der Waals surface area contributed by atoms with Crippen LogP contribution in [0.15, 0.2) is 36.8 Å². The van der Waals surface area contributed by atoms with Crippen molar-refractivity contribution in [2.75, 3.05) is 17.7 Å². The largest absolute Gasteiger partial charge is 0.478 e. The van der Waals surface area contributed by atoms with Gasteiger partial charge in [0.1, 0.15) is 5.82 Å². The van der Waals surface area contributed by atoms with Crippen molar-refractivity contribution >= 4 is 17.5 Å². The van der Waals surface area contributed by atoms with Crippen LogP contribution in [0.4, 0.5) is 11.5 Å². The molecule has 0 amide bonds. The molecule has 19 heavy (non-hydrogen) atoms. The number of nitrogens with two attached hydrogens (primary N) is 1. The van der Waals surface area contributed by atoms with Crippen molar-refractivity contribution in [3.8, 4) is 0 Å². The van der Waals surface area contributed by atoms with Gasteiger partial charge in [-0.2, -0.15) is 0 Å². The van der Waals surface area contributed by atoms with Crippen LogP contribution in [-0.2, 0) is 6.54 Å². The quantitative estimate of drug-likeness (QED) is 0.861. The van der Waals surface area contributed by atoms with Crippen molar-refractivity contribution in [3.05, 3.63) is 47.9 Å².